The number of amides is 1. The number of aromatic nitrogens is 1. The van der Waals surface area contributed by atoms with Gasteiger partial charge in [0.2, 0.25) is 0 Å². The van der Waals surface area contributed by atoms with Crippen molar-refractivity contribution in [1.82, 2.24) is 14.8 Å². The number of rotatable bonds is 7. The topological polar surface area (TPSA) is 59.9 Å². The lowest BCUT2D eigenvalue weighted by Crippen LogP contribution is -2.47. The number of hydrogen-bond donors (Lipinski definition) is 1. The molecule has 0 saturated carbocycles. The van der Waals surface area contributed by atoms with Gasteiger partial charge in [0.05, 0.1) is 6.20 Å². The molecule has 0 spiro atoms. The number of aromatic hydroxyl groups is 1. The lowest BCUT2D eigenvalue weighted by Gasteiger charge is -2.39. The molecule has 0 bridgehead atoms. The quantitative estimate of drug-likeness (QED) is 0.550. The van der Waals surface area contributed by atoms with Gasteiger partial charge in [-0.25, -0.2) is 0 Å². The van der Waals surface area contributed by atoms with Crippen molar-refractivity contribution in [3.05, 3.63) is 78.1 Å². The van der Waals surface area contributed by atoms with E-state index in [1.54, 1.807) is 12.3 Å². The summed E-state index contributed by atoms with van der Waals surface area (Å²) in [6.45, 7) is 11.6. The number of carbonyl (C=O) groups is 1. The Labute approximate surface area is 202 Å². The monoisotopic (exact) mass is 458 g/mol. The van der Waals surface area contributed by atoms with E-state index in [0.717, 1.165) is 56.0 Å². The van der Waals surface area contributed by atoms with Gasteiger partial charge >= 0.3 is 0 Å². The first-order valence-corrected chi connectivity index (χ1v) is 12.1. The van der Waals surface area contributed by atoms with E-state index in [1.807, 2.05) is 30.9 Å². The molecule has 178 valence electrons. The van der Waals surface area contributed by atoms with Crippen LogP contribution in [0.5, 0.6) is 5.75 Å². The van der Waals surface area contributed by atoms with Crippen LogP contribution in [0.3, 0.4) is 0 Å². The van der Waals surface area contributed by atoms with Crippen LogP contribution in [0.2, 0.25) is 0 Å². The van der Waals surface area contributed by atoms with Gasteiger partial charge in [-0.3, -0.25) is 14.7 Å². The third-order valence-corrected chi connectivity index (χ3v) is 6.84. The predicted octanol–water partition coefficient (Wildman–Crippen LogP) is 4.82. The fourth-order valence-corrected chi connectivity index (χ4v) is 4.63. The number of carbonyl (C=O) groups excluding carboxylic acids is 1. The SMILES string of the molecule is CCN(CC)C(=O)c1ccc(N2CCN(C(C)c3ccc(-c4cncc(O)c4)cc3)CC2)cc1. The van der Waals surface area contributed by atoms with E-state index in [2.05, 4.69) is 58.1 Å². The van der Waals surface area contributed by atoms with E-state index < -0.39 is 0 Å². The van der Waals surface area contributed by atoms with Gasteiger partial charge in [-0.15, -0.1) is 0 Å². The average Bonchev–Trinajstić information content (AvgIpc) is 2.89. The van der Waals surface area contributed by atoms with Crippen LogP contribution in [0.1, 0.15) is 42.7 Å². The zero-order valence-electron chi connectivity index (χ0n) is 20.3. The molecule has 34 heavy (non-hydrogen) atoms. The van der Waals surface area contributed by atoms with Crippen molar-refractivity contribution in [2.75, 3.05) is 44.2 Å². The molecule has 2 aromatic carbocycles. The molecule has 1 aromatic heterocycles. The predicted molar refractivity (Wildman–Crippen MR) is 137 cm³/mol. The summed E-state index contributed by atoms with van der Waals surface area (Å²) in [5.74, 6) is 0.277. The average molecular weight is 459 g/mol. The molecule has 1 aliphatic heterocycles. The van der Waals surface area contributed by atoms with Gasteiger partial charge in [0.25, 0.3) is 5.91 Å². The van der Waals surface area contributed by atoms with E-state index in [4.69, 9.17) is 0 Å². The molecular formula is C28H34N4O2. The van der Waals surface area contributed by atoms with Gasteiger partial charge in [-0.1, -0.05) is 24.3 Å². The number of pyridine rings is 1. The Morgan fingerprint density at radius 3 is 2.18 bits per heavy atom. The minimum absolute atomic E-state index is 0.0986. The summed E-state index contributed by atoms with van der Waals surface area (Å²) in [5.41, 5.74) is 5.17. The van der Waals surface area contributed by atoms with E-state index in [9.17, 15) is 9.90 Å². The zero-order valence-corrected chi connectivity index (χ0v) is 20.3. The lowest BCUT2D eigenvalue weighted by molar-refractivity contribution is 0.0773. The molecule has 1 atom stereocenters. The normalized spacial score (nSPS) is 15.2. The second-order valence-electron chi connectivity index (χ2n) is 8.78. The molecular weight excluding hydrogens is 424 g/mol. The zero-order chi connectivity index (χ0) is 24.1. The maximum absolute atomic E-state index is 12.6. The summed E-state index contributed by atoms with van der Waals surface area (Å²) in [6.07, 6.45) is 3.21. The van der Waals surface area contributed by atoms with Crippen LogP contribution in [0.25, 0.3) is 11.1 Å². The third-order valence-electron chi connectivity index (χ3n) is 6.84. The van der Waals surface area contributed by atoms with E-state index in [1.165, 1.54) is 17.4 Å². The van der Waals surface area contributed by atoms with Crippen molar-refractivity contribution in [3.8, 4) is 16.9 Å². The van der Waals surface area contributed by atoms with E-state index in [0.29, 0.717) is 6.04 Å². The molecule has 1 saturated heterocycles. The highest BCUT2D eigenvalue weighted by Gasteiger charge is 2.23. The highest BCUT2D eigenvalue weighted by molar-refractivity contribution is 5.94. The summed E-state index contributed by atoms with van der Waals surface area (Å²) >= 11 is 0. The molecule has 0 aliphatic carbocycles. The molecule has 0 radical (unpaired) electrons. The molecule has 1 aliphatic rings. The molecule has 4 rings (SSSR count). The van der Waals surface area contributed by atoms with Crippen molar-refractivity contribution >= 4 is 11.6 Å². The lowest BCUT2D eigenvalue weighted by atomic mass is 10.0. The number of anilines is 1. The fraction of sp³-hybridized carbons (Fsp3) is 0.357. The van der Waals surface area contributed by atoms with Gasteiger partial charge in [0, 0.05) is 68.3 Å². The van der Waals surface area contributed by atoms with Crippen LogP contribution in [-0.2, 0) is 0 Å². The largest absolute Gasteiger partial charge is 0.506 e. The first-order valence-electron chi connectivity index (χ1n) is 12.1. The van der Waals surface area contributed by atoms with Crippen LogP contribution >= 0.6 is 0 Å². The highest BCUT2D eigenvalue weighted by Crippen LogP contribution is 2.27. The van der Waals surface area contributed by atoms with Gasteiger partial charge < -0.3 is 14.9 Å². The molecule has 1 fully saturated rings. The van der Waals surface area contributed by atoms with Crippen molar-refractivity contribution < 1.29 is 9.90 Å². The second kappa shape index (κ2) is 10.7. The van der Waals surface area contributed by atoms with Gasteiger partial charge in [0.1, 0.15) is 5.75 Å². The van der Waals surface area contributed by atoms with Crippen LogP contribution in [0.4, 0.5) is 5.69 Å². The van der Waals surface area contributed by atoms with Crippen LogP contribution in [-0.4, -0.2) is 65.1 Å². The number of benzene rings is 2. The number of piperazine rings is 1. The van der Waals surface area contributed by atoms with Crippen LogP contribution < -0.4 is 4.90 Å². The van der Waals surface area contributed by atoms with Gasteiger partial charge in [-0.05, 0) is 62.2 Å². The number of nitrogens with zero attached hydrogens (tertiary/aromatic N) is 4. The minimum Gasteiger partial charge on any atom is -0.506 e. The first-order chi connectivity index (χ1) is 16.5. The summed E-state index contributed by atoms with van der Waals surface area (Å²) in [4.78, 5) is 23.4. The fourth-order valence-electron chi connectivity index (χ4n) is 4.63. The van der Waals surface area contributed by atoms with Crippen molar-refractivity contribution in [2.24, 2.45) is 0 Å². The van der Waals surface area contributed by atoms with E-state index >= 15 is 0 Å². The van der Waals surface area contributed by atoms with Crippen molar-refractivity contribution in [3.63, 3.8) is 0 Å². The Morgan fingerprint density at radius 2 is 1.59 bits per heavy atom. The Morgan fingerprint density at radius 1 is 0.941 bits per heavy atom. The smallest absolute Gasteiger partial charge is 0.253 e. The summed E-state index contributed by atoms with van der Waals surface area (Å²) in [6, 6.07) is 18.6. The Bertz CT molecular complexity index is 1090. The van der Waals surface area contributed by atoms with E-state index in [-0.39, 0.29) is 11.7 Å². The molecule has 6 heteroatoms. The molecule has 3 aromatic rings. The maximum Gasteiger partial charge on any atom is 0.253 e. The third kappa shape index (κ3) is 5.23. The Hall–Kier alpha value is -3.38. The number of hydrogen-bond acceptors (Lipinski definition) is 5. The summed E-state index contributed by atoms with van der Waals surface area (Å²) < 4.78 is 0. The second-order valence-corrected chi connectivity index (χ2v) is 8.78. The molecule has 1 unspecified atom stereocenters. The van der Waals surface area contributed by atoms with Crippen molar-refractivity contribution in [1.29, 1.82) is 0 Å². The molecule has 1 amide bonds. The molecule has 2 heterocycles. The van der Waals surface area contributed by atoms with Gasteiger partial charge in [0.15, 0.2) is 0 Å². The van der Waals surface area contributed by atoms with Gasteiger partial charge in [-0.2, -0.15) is 0 Å². The van der Waals surface area contributed by atoms with Crippen LogP contribution in [0, 0.1) is 0 Å². The molecule has 1 N–H and O–H groups in total. The van der Waals surface area contributed by atoms with Crippen molar-refractivity contribution in [2.45, 2.75) is 26.8 Å². The minimum atomic E-state index is 0.0986. The highest BCUT2D eigenvalue weighted by atomic mass is 16.3. The Kier molecular flexibility index (Phi) is 7.48. The maximum atomic E-state index is 12.6. The summed E-state index contributed by atoms with van der Waals surface area (Å²) in [7, 11) is 0. The standard InChI is InChI=1S/C28H34N4O2/c1-4-30(5-2)28(34)24-10-12-26(13-11-24)32-16-14-31(15-17-32)21(3)22-6-8-23(9-7-22)25-18-27(33)20-29-19-25/h6-13,18-21,33H,4-5,14-17H2,1-3H3. The first kappa shape index (κ1) is 23.8. The van der Waals surface area contributed by atoms with Crippen LogP contribution in [0.15, 0.2) is 67.0 Å². The Balaban J connectivity index is 1.35. The molecule has 6 nitrogen and oxygen atoms in total. The summed E-state index contributed by atoms with van der Waals surface area (Å²) in [5, 5.41) is 9.68.